The summed E-state index contributed by atoms with van der Waals surface area (Å²) in [4.78, 5) is 20.3. The summed E-state index contributed by atoms with van der Waals surface area (Å²) in [5, 5.41) is 4.83. The smallest absolute Gasteiger partial charge is 0.257 e. The summed E-state index contributed by atoms with van der Waals surface area (Å²) in [5.74, 6) is 0.134. The Morgan fingerprint density at radius 3 is 2.15 bits per heavy atom. The highest BCUT2D eigenvalue weighted by molar-refractivity contribution is 6.25. The van der Waals surface area contributed by atoms with E-state index in [1.165, 1.54) is 11.1 Å². The van der Waals surface area contributed by atoms with Crippen molar-refractivity contribution >= 4 is 54.9 Å². The number of rotatable bonds is 3. The molecule has 0 radical (unpaired) electrons. The molecule has 8 aromatic rings. The molecule has 0 spiro atoms. The van der Waals surface area contributed by atoms with Crippen LogP contribution in [0, 0.1) is 0 Å². The number of allylic oxidation sites excluding steroid dienone is 2. The van der Waals surface area contributed by atoms with E-state index in [0.29, 0.717) is 0 Å². The van der Waals surface area contributed by atoms with Crippen LogP contribution in [0.2, 0.25) is 0 Å². The van der Waals surface area contributed by atoms with Crippen molar-refractivity contribution in [1.29, 1.82) is 0 Å². The first-order chi connectivity index (χ1) is 23.3. The molecular weight excluding hydrogens is 574 g/mol. The van der Waals surface area contributed by atoms with E-state index < -0.39 is 0 Å². The average molecular weight is 604 g/mol. The minimum atomic E-state index is -0.0579. The van der Waals surface area contributed by atoms with Crippen LogP contribution in [0.15, 0.2) is 163 Å². The van der Waals surface area contributed by atoms with E-state index in [1.807, 2.05) is 6.07 Å². The summed E-state index contributed by atoms with van der Waals surface area (Å²) in [6.07, 6.45) is 8.80. The van der Waals surface area contributed by atoms with Crippen molar-refractivity contribution in [2.24, 2.45) is 0 Å². The molecular formula is C43H29N3O. The van der Waals surface area contributed by atoms with Gasteiger partial charge in [-0.3, -0.25) is 4.79 Å². The molecule has 0 amide bonds. The van der Waals surface area contributed by atoms with E-state index in [1.54, 1.807) is 0 Å². The zero-order valence-electron chi connectivity index (χ0n) is 25.5. The van der Waals surface area contributed by atoms with Crippen LogP contribution in [0.5, 0.6) is 0 Å². The normalized spacial score (nSPS) is 16.8. The predicted octanol–water partition coefficient (Wildman–Crippen LogP) is 10.2. The minimum Gasteiger partial charge on any atom is -0.333 e. The van der Waals surface area contributed by atoms with Gasteiger partial charge in [0.1, 0.15) is 0 Å². The summed E-state index contributed by atoms with van der Waals surface area (Å²) in [6, 6.07) is 47.0. The lowest BCUT2D eigenvalue weighted by Crippen LogP contribution is -2.28. The highest BCUT2D eigenvalue weighted by Crippen LogP contribution is 2.50. The van der Waals surface area contributed by atoms with E-state index in [-0.39, 0.29) is 17.5 Å². The van der Waals surface area contributed by atoms with Crippen LogP contribution in [0.3, 0.4) is 0 Å². The van der Waals surface area contributed by atoms with Crippen molar-refractivity contribution < 1.29 is 0 Å². The molecule has 2 atom stereocenters. The molecule has 4 heteroatoms. The first-order valence-electron chi connectivity index (χ1n) is 16.2. The number of pyridine rings is 1. The van der Waals surface area contributed by atoms with Gasteiger partial charge in [0.05, 0.1) is 28.0 Å². The number of fused-ring (bicyclic) bond motifs is 11. The van der Waals surface area contributed by atoms with Crippen molar-refractivity contribution in [3.63, 3.8) is 0 Å². The van der Waals surface area contributed by atoms with Crippen LogP contribution >= 0.6 is 0 Å². The van der Waals surface area contributed by atoms with Gasteiger partial charge in [-0.2, -0.15) is 0 Å². The quantitative estimate of drug-likeness (QED) is 0.204. The second-order valence-electron chi connectivity index (χ2n) is 12.5. The summed E-state index contributed by atoms with van der Waals surface area (Å²) in [5.41, 5.74) is 9.82. The van der Waals surface area contributed by atoms with Crippen molar-refractivity contribution in [3.8, 4) is 16.8 Å². The Balaban J connectivity index is 1.25. The topological polar surface area (TPSA) is 41.0 Å². The molecule has 10 rings (SSSR count). The molecule has 1 aliphatic heterocycles. The Hall–Kier alpha value is -6.13. The van der Waals surface area contributed by atoms with Gasteiger partial charge in [-0.15, -0.1) is 0 Å². The Kier molecular flexibility index (Phi) is 5.52. The number of anilines is 2. The maximum absolute atomic E-state index is 14.4. The zero-order valence-corrected chi connectivity index (χ0v) is 25.5. The number of nitrogens with one attached hydrogen (secondary N) is 1. The summed E-state index contributed by atoms with van der Waals surface area (Å²) < 4.78 is 2.30. The van der Waals surface area contributed by atoms with Gasteiger partial charge in [0.25, 0.3) is 5.56 Å². The van der Waals surface area contributed by atoms with Gasteiger partial charge >= 0.3 is 0 Å². The first-order valence-corrected chi connectivity index (χ1v) is 16.2. The van der Waals surface area contributed by atoms with E-state index in [4.69, 9.17) is 0 Å². The molecule has 0 fully saturated rings. The van der Waals surface area contributed by atoms with Gasteiger partial charge in [-0.25, -0.2) is 0 Å². The lowest BCUT2D eigenvalue weighted by Gasteiger charge is -2.28. The zero-order chi connectivity index (χ0) is 31.1. The van der Waals surface area contributed by atoms with Gasteiger partial charge < -0.3 is 14.5 Å². The first kappa shape index (κ1) is 26.1. The fourth-order valence-corrected chi connectivity index (χ4v) is 8.11. The molecule has 1 aliphatic carbocycles. The second-order valence-corrected chi connectivity index (χ2v) is 12.5. The van der Waals surface area contributed by atoms with Crippen LogP contribution in [0.1, 0.15) is 11.5 Å². The fraction of sp³-hybridized carbons (Fsp3) is 0.0465. The molecule has 2 aromatic heterocycles. The Morgan fingerprint density at radius 2 is 1.28 bits per heavy atom. The number of H-pyrrole nitrogens is 1. The molecule has 47 heavy (non-hydrogen) atoms. The lowest BCUT2D eigenvalue weighted by molar-refractivity contribution is 0.746. The van der Waals surface area contributed by atoms with E-state index in [9.17, 15) is 4.79 Å². The maximum atomic E-state index is 14.4. The number of aromatic amines is 1. The van der Waals surface area contributed by atoms with E-state index in [2.05, 4.69) is 166 Å². The van der Waals surface area contributed by atoms with Crippen LogP contribution in [-0.4, -0.2) is 15.6 Å². The number of nitrogens with zero attached hydrogens (tertiary/aromatic N) is 2. The van der Waals surface area contributed by atoms with Gasteiger partial charge in [-0.05, 0) is 59.0 Å². The SMILES string of the molecule is O=c1[nH]c2c3c(ccc2c2ccc4c(c5ccccc5n4-c4cccc(-c5ccccc5)c4)c12)N(c1ccccc1)C1C=CC=CC31. The van der Waals surface area contributed by atoms with Gasteiger partial charge in [0, 0.05) is 44.7 Å². The number of benzene rings is 6. The number of hydrogen-bond donors (Lipinski definition) is 1. The lowest BCUT2D eigenvalue weighted by atomic mass is 9.89. The van der Waals surface area contributed by atoms with Gasteiger partial charge in [0.2, 0.25) is 0 Å². The van der Waals surface area contributed by atoms with Crippen molar-refractivity contribution in [2.45, 2.75) is 12.0 Å². The van der Waals surface area contributed by atoms with E-state index in [0.717, 1.165) is 66.1 Å². The summed E-state index contributed by atoms with van der Waals surface area (Å²) in [7, 11) is 0. The average Bonchev–Trinajstić information content (AvgIpc) is 3.66. The van der Waals surface area contributed by atoms with Crippen LogP contribution in [-0.2, 0) is 0 Å². The minimum absolute atomic E-state index is 0.0579. The third-order valence-electron chi connectivity index (χ3n) is 10.1. The number of para-hydroxylation sites is 2. The monoisotopic (exact) mass is 603 g/mol. The van der Waals surface area contributed by atoms with Crippen molar-refractivity contribution in [1.82, 2.24) is 9.55 Å². The molecule has 222 valence electrons. The Morgan fingerprint density at radius 1 is 0.553 bits per heavy atom. The molecule has 0 bridgehead atoms. The van der Waals surface area contributed by atoms with Crippen LogP contribution in [0.4, 0.5) is 11.4 Å². The highest BCUT2D eigenvalue weighted by Gasteiger charge is 2.39. The van der Waals surface area contributed by atoms with Gasteiger partial charge in [-0.1, -0.05) is 115 Å². The molecule has 1 N–H and O–H groups in total. The Labute approximate surface area is 271 Å². The Bertz CT molecular complexity index is 2660. The molecule has 6 aromatic carbocycles. The largest absolute Gasteiger partial charge is 0.333 e. The van der Waals surface area contributed by atoms with Crippen molar-refractivity contribution in [3.05, 3.63) is 174 Å². The third kappa shape index (κ3) is 3.73. The summed E-state index contributed by atoms with van der Waals surface area (Å²) in [6.45, 7) is 0. The number of aromatic nitrogens is 2. The fourth-order valence-electron chi connectivity index (χ4n) is 8.11. The van der Waals surface area contributed by atoms with E-state index >= 15 is 0 Å². The maximum Gasteiger partial charge on any atom is 0.257 e. The van der Waals surface area contributed by atoms with Crippen LogP contribution in [0.25, 0.3) is 60.3 Å². The molecule has 2 aliphatic rings. The molecule has 0 saturated heterocycles. The number of hydrogen-bond acceptors (Lipinski definition) is 2. The van der Waals surface area contributed by atoms with Gasteiger partial charge in [0.15, 0.2) is 0 Å². The predicted molar refractivity (Wildman–Crippen MR) is 195 cm³/mol. The molecule has 2 unspecified atom stereocenters. The highest BCUT2D eigenvalue weighted by atomic mass is 16.1. The molecule has 3 heterocycles. The van der Waals surface area contributed by atoms with Crippen molar-refractivity contribution in [2.75, 3.05) is 4.90 Å². The standard InChI is InChI=1S/C43H29N3O/c47-43-41-31(32-23-25-38-40(42(32)44-43)34-19-8-10-21-36(34)45(38)29-15-5-2-6-16-29)22-24-37-39(41)33-18-7-9-20-35(33)46(37)30-17-11-14-28(26-30)27-12-3-1-4-13-27/h1-26,34,36H,(H,44,47). The second kappa shape index (κ2) is 9.93. The molecule has 4 nitrogen and oxygen atoms in total. The summed E-state index contributed by atoms with van der Waals surface area (Å²) >= 11 is 0. The third-order valence-corrected chi connectivity index (χ3v) is 10.1. The van der Waals surface area contributed by atoms with Crippen LogP contribution < -0.4 is 10.5 Å². The molecule has 0 saturated carbocycles.